The van der Waals surface area contributed by atoms with Gasteiger partial charge in [0.1, 0.15) is 5.69 Å². The predicted molar refractivity (Wildman–Crippen MR) is 98.7 cm³/mol. The molecule has 0 aromatic carbocycles. The number of rotatable bonds is 4. The summed E-state index contributed by atoms with van der Waals surface area (Å²) in [5.74, 6) is -0.603. The van der Waals surface area contributed by atoms with E-state index in [2.05, 4.69) is 19.8 Å². The fourth-order valence-electron chi connectivity index (χ4n) is 2.67. The van der Waals surface area contributed by atoms with Crippen molar-refractivity contribution in [1.82, 2.24) is 19.7 Å². The molecule has 0 saturated heterocycles. The van der Waals surface area contributed by atoms with Gasteiger partial charge in [-0.25, -0.2) is 9.19 Å². The zero-order valence-corrected chi connectivity index (χ0v) is 16.4. The second kappa shape index (κ2) is 7.16. The summed E-state index contributed by atoms with van der Waals surface area (Å²) < 4.78 is 18.5. The molecule has 1 aliphatic heterocycles. The molecule has 3 rings (SSSR count). The quantitative estimate of drug-likeness (QED) is 0.837. The first-order chi connectivity index (χ1) is 12.4. The van der Waals surface area contributed by atoms with E-state index in [-0.39, 0.29) is 18.9 Å². The largest absolute Gasteiger partial charge is 0.365 e. The molecule has 0 aliphatic carbocycles. The summed E-state index contributed by atoms with van der Waals surface area (Å²) in [7, 11) is -1.15. The van der Waals surface area contributed by atoms with Gasteiger partial charge in [0.05, 0.1) is 39.6 Å². The minimum absolute atomic E-state index is 0.190. The van der Waals surface area contributed by atoms with Crippen molar-refractivity contribution in [2.75, 3.05) is 25.2 Å². The Hall–Kier alpha value is -2.27. The molecule has 140 valence electrons. The van der Waals surface area contributed by atoms with E-state index in [9.17, 15) is 13.8 Å². The van der Waals surface area contributed by atoms with Crippen molar-refractivity contribution in [2.45, 2.75) is 31.3 Å². The van der Waals surface area contributed by atoms with Crippen LogP contribution >= 0.6 is 11.3 Å². The van der Waals surface area contributed by atoms with Gasteiger partial charge in [-0.3, -0.25) is 14.3 Å². The van der Waals surface area contributed by atoms with E-state index < -0.39 is 15.6 Å². The lowest BCUT2D eigenvalue weighted by molar-refractivity contribution is -0.117. The molecule has 1 N–H and O–H groups in total. The lowest BCUT2D eigenvalue weighted by Crippen LogP contribution is -2.39. The number of hydrogen-bond donors (Lipinski definition) is 1. The third-order valence-electron chi connectivity index (χ3n) is 4.04. The molecule has 1 unspecified atom stereocenters. The Balaban J connectivity index is 1.90. The summed E-state index contributed by atoms with van der Waals surface area (Å²) in [4.78, 5) is 30.6. The standard InChI is InChI=1S/C15H20N6O3S2/c1-4-13(22)19-26(3,24)12-7-17-21-6-5-20(8-11(12)21)14(23)10-9-25-15(16-2)18-10/h7,9H,4-6,8H2,1-3H3,(H,16,18). The Morgan fingerprint density at radius 3 is 2.85 bits per heavy atom. The fourth-order valence-corrected chi connectivity index (χ4v) is 4.78. The highest BCUT2D eigenvalue weighted by molar-refractivity contribution is 7.93. The number of thiazole rings is 1. The Kier molecular flexibility index (Phi) is 5.10. The summed E-state index contributed by atoms with van der Waals surface area (Å²) in [5, 5.41) is 9.53. The Morgan fingerprint density at radius 1 is 1.42 bits per heavy atom. The third kappa shape index (κ3) is 3.49. The maximum atomic E-state index is 12.9. The van der Waals surface area contributed by atoms with E-state index in [4.69, 9.17) is 0 Å². The molecule has 0 spiro atoms. The Labute approximate surface area is 155 Å². The van der Waals surface area contributed by atoms with Gasteiger partial charge in [0.15, 0.2) is 5.13 Å². The van der Waals surface area contributed by atoms with Crippen LogP contribution in [0.25, 0.3) is 0 Å². The number of carbonyl (C=O) groups is 2. The van der Waals surface area contributed by atoms with E-state index in [1.165, 1.54) is 23.8 Å². The van der Waals surface area contributed by atoms with Crippen LogP contribution in [-0.4, -0.2) is 55.5 Å². The summed E-state index contributed by atoms with van der Waals surface area (Å²) in [6, 6.07) is 0. The number of nitrogens with one attached hydrogen (secondary N) is 1. The van der Waals surface area contributed by atoms with Crippen LogP contribution in [0.3, 0.4) is 0 Å². The molecule has 0 radical (unpaired) electrons. The number of hydrogen-bond acceptors (Lipinski definition) is 7. The number of anilines is 1. The van der Waals surface area contributed by atoms with Crippen molar-refractivity contribution in [3.63, 3.8) is 0 Å². The average molecular weight is 396 g/mol. The highest BCUT2D eigenvalue weighted by atomic mass is 32.2. The lowest BCUT2D eigenvalue weighted by atomic mass is 10.3. The maximum absolute atomic E-state index is 12.9. The van der Waals surface area contributed by atoms with E-state index in [0.29, 0.717) is 34.5 Å². The van der Waals surface area contributed by atoms with Crippen LogP contribution < -0.4 is 5.32 Å². The Morgan fingerprint density at radius 2 is 2.19 bits per heavy atom. The third-order valence-corrected chi connectivity index (χ3v) is 6.61. The molecular weight excluding hydrogens is 376 g/mol. The Bertz CT molecular complexity index is 970. The topological polar surface area (TPSA) is 110 Å². The van der Waals surface area contributed by atoms with Gasteiger partial charge in [0.25, 0.3) is 11.8 Å². The zero-order valence-electron chi connectivity index (χ0n) is 14.8. The molecule has 3 heterocycles. The van der Waals surface area contributed by atoms with Gasteiger partial charge in [-0.2, -0.15) is 9.46 Å². The first-order valence-electron chi connectivity index (χ1n) is 8.08. The molecule has 0 saturated carbocycles. The molecule has 0 fully saturated rings. The molecule has 0 bridgehead atoms. The van der Waals surface area contributed by atoms with Gasteiger partial charge < -0.3 is 10.2 Å². The van der Waals surface area contributed by atoms with Gasteiger partial charge in [-0.15, -0.1) is 11.3 Å². The molecule has 1 aliphatic rings. The summed E-state index contributed by atoms with van der Waals surface area (Å²) in [6.45, 7) is 2.89. The van der Waals surface area contributed by atoms with Crippen LogP contribution in [0.15, 0.2) is 20.8 Å². The van der Waals surface area contributed by atoms with Crippen molar-refractivity contribution < 1.29 is 13.8 Å². The smallest absolute Gasteiger partial charge is 0.273 e. The fraction of sp³-hybridized carbons (Fsp3) is 0.467. The second-order valence-corrected chi connectivity index (χ2v) is 8.92. The van der Waals surface area contributed by atoms with Crippen molar-refractivity contribution in [1.29, 1.82) is 0 Å². The summed E-state index contributed by atoms with van der Waals surface area (Å²) in [5.41, 5.74) is 1.02. The molecule has 11 heteroatoms. The van der Waals surface area contributed by atoms with E-state index in [0.717, 1.165) is 0 Å². The van der Waals surface area contributed by atoms with Crippen LogP contribution in [0.2, 0.25) is 0 Å². The molecule has 2 amide bonds. The molecule has 2 aromatic heterocycles. The second-order valence-electron chi connectivity index (χ2n) is 5.83. The van der Waals surface area contributed by atoms with Crippen LogP contribution in [0.5, 0.6) is 0 Å². The van der Waals surface area contributed by atoms with E-state index >= 15 is 0 Å². The zero-order chi connectivity index (χ0) is 18.9. The first kappa shape index (κ1) is 18.5. The van der Waals surface area contributed by atoms with Crippen molar-refractivity contribution in [3.8, 4) is 0 Å². The van der Waals surface area contributed by atoms with Gasteiger partial charge in [-0.1, -0.05) is 6.92 Å². The van der Waals surface area contributed by atoms with E-state index in [1.54, 1.807) is 28.9 Å². The normalized spacial score (nSPS) is 15.9. The summed E-state index contributed by atoms with van der Waals surface area (Å²) >= 11 is 1.36. The van der Waals surface area contributed by atoms with Crippen LogP contribution in [0, 0.1) is 0 Å². The molecule has 1 atom stereocenters. The maximum Gasteiger partial charge on any atom is 0.273 e. The number of carbonyl (C=O) groups excluding carboxylic acids is 2. The number of nitrogens with zero attached hydrogens (tertiary/aromatic N) is 5. The van der Waals surface area contributed by atoms with Gasteiger partial charge in [0, 0.05) is 31.6 Å². The molecular formula is C15H20N6O3S2. The van der Waals surface area contributed by atoms with Gasteiger partial charge in [-0.05, 0) is 0 Å². The van der Waals surface area contributed by atoms with Crippen molar-refractivity contribution in [2.24, 2.45) is 4.36 Å². The number of fused-ring (bicyclic) bond motifs is 1. The average Bonchev–Trinajstić information content (AvgIpc) is 3.27. The highest BCUT2D eigenvalue weighted by Crippen LogP contribution is 2.24. The monoisotopic (exact) mass is 396 g/mol. The minimum atomic E-state index is -2.90. The van der Waals surface area contributed by atoms with Gasteiger partial charge >= 0.3 is 0 Å². The van der Waals surface area contributed by atoms with Crippen LogP contribution in [0.1, 0.15) is 29.5 Å². The first-order valence-corrected chi connectivity index (χ1v) is 10.9. The molecule has 2 aromatic rings. The number of amides is 2. The van der Waals surface area contributed by atoms with Crippen molar-refractivity contribution >= 4 is 38.0 Å². The van der Waals surface area contributed by atoms with Crippen LogP contribution in [0.4, 0.5) is 5.13 Å². The van der Waals surface area contributed by atoms with Crippen molar-refractivity contribution in [3.05, 3.63) is 23.0 Å². The summed E-state index contributed by atoms with van der Waals surface area (Å²) in [6.07, 6.45) is 3.11. The van der Waals surface area contributed by atoms with E-state index in [1.807, 2.05) is 0 Å². The lowest BCUT2D eigenvalue weighted by Gasteiger charge is -2.28. The number of aromatic nitrogens is 3. The highest BCUT2D eigenvalue weighted by Gasteiger charge is 2.28. The minimum Gasteiger partial charge on any atom is -0.365 e. The van der Waals surface area contributed by atoms with Gasteiger partial charge in [0.2, 0.25) is 0 Å². The SMILES string of the molecule is CCC(=O)N=S(C)(=O)c1cnn2c1CN(C(=O)c1csc(NC)n1)CC2. The molecule has 26 heavy (non-hydrogen) atoms. The predicted octanol–water partition coefficient (Wildman–Crippen LogP) is 1.43. The van der Waals surface area contributed by atoms with Crippen LogP contribution in [-0.2, 0) is 27.6 Å². The molecule has 9 nitrogen and oxygen atoms in total.